The quantitative estimate of drug-likeness (QED) is 0.513. The van der Waals surface area contributed by atoms with Crippen molar-refractivity contribution in [1.29, 1.82) is 0 Å². The number of benzene rings is 2. The topological polar surface area (TPSA) is 35.5 Å². The van der Waals surface area contributed by atoms with Gasteiger partial charge in [-0.25, -0.2) is 0 Å². The molecule has 0 bridgehead atoms. The maximum absolute atomic E-state index is 12.5. The van der Waals surface area contributed by atoms with Gasteiger partial charge in [0.2, 0.25) is 0 Å². The Bertz CT molecular complexity index is 707. The minimum atomic E-state index is -0.0577. The third kappa shape index (κ3) is 6.68. The number of ether oxygens (including phenoxy) is 2. The first-order valence-electron chi connectivity index (χ1n) is 7.88. The first-order valence-corrected chi connectivity index (χ1v) is 9.25. The van der Waals surface area contributed by atoms with Crippen molar-refractivity contribution in [1.82, 2.24) is 0 Å². The molecule has 3 nitrogen and oxygen atoms in total. The summed E-state index contributed by atoms with van der Waals surface area (Å²) in [6.07, 6.45) is 0.993. The molecule has 6 heteroatoms. The third-order valence-electron chi connectivity index (χ3n) is 3.50. The number of halogens is 1. The molecular weight excluding hydrogens is 350 g/mol. The van der Waals surface area contributed by atoms with Crippen molar-refractivity contribution in [2.45, 2.75) is 20.3 Å². The van der Waals surface area contributed by atoms with Crippen LogP contribution in [-0.2, 0) is 0 Å². The number of carbonyl (C=O) groups is 1. The first-order chi connectivity index (χ1) is 11.5. The summed E-state index contributed by atoms with van der Waals surface area (Å²) in [5, 5.41) is 1.36. The van der Waals surface area contributed by atoms with Crippen LogP contribution in [0.3, 0.4) is 0 Å². The molecule has 0 heterocycles. The van der Waals surface area contributed by atoms with Crippen LogP contribution in [0.25, 0.3) is 0 Å². The van der Waals surface area contributed by atoms with Gasteiger partial charge in [0.1, 0.15) is 11.5 Å². The Kier molecular flexibility index (Phi) is 9.62. The SMILES string of the molecule is COc1ccccc1C(=O)Pc1ccc(OCCC(C)C)cc1Cl.[LiH]. The predicted octanol–water partition coefficient (Wildman–Crippen LogP) is 4.27. The summed E-state index contributed by atoms with van der Waals surface area (Å²) in [5.41, 5.74) is 0.578. The average Bonchev–Trinajstić information content (AvgIpc) is 2.56. The van der Waals surface area contributed by atoms with Gasteiger partial charge in [-0.3, -0.25) is 4.79 Å². The number of hydrogen-bond donors (Lipinski definition) is 0. The molecule has 2 aromatic rings. The van der Waals surface area contributed by atoms with Crippen LogP contribution in [0.15, 0.2) is 42.5 Å². The van der Waals surface area contributed by atoms with Gasteiger partial charge in [0.15, 0.2) is 5.52 Å². The van der Waals surface area contributed by atoms with Crippen LogP contribution < -0.4 is 14.8 Å². The van der Waals surface area contributed by atoms with Crippen molar-refractivity contribution < 1.29 is 14.3 Å². The summed E-state index contributed by atoms with van der Waals surface area (Å²) in [4.78, 5) is 12.5. The zero-order valence-corrected chi connectivity index (χ0v) is 15.9. The van der Waals surface area contributed by atoms with Gasteiger partial charge >= 0.3 is 18.9 Å². The van der Waals surface area contributed by atoms with Gasteiger partial charge in [0.25, 0.3) is 0 Å². The number of carbonyl (C=O) groups excluding carboxylic acids is 1. The molecule has 0 aliphatic rings. The molecule has 130 valence electrons. The van der Waals surface area contributed by atoms with Gasteiger partial charge in [0.05, 0.1) is 24.3 Å². The Labute approximate surface area is 168 Å². The summed E-state index contributed by atoms with van der Waals surface area (Å²) in [5.74, 6) is 1.92. The zero-order valence-electron chi connectivity index (χ0n) is 14.1. The van der Waals surface area contributed by atoms with Gasteiger partial charge in [-0.15, -0.1) is 0 Å². The van der Waals surface area contributed by atoms with E-state index in [4.69, 9.17) is 21.1 Å². The van der Waals surface area contributed by atoms with Crippen LogP contribution in [0.2, 0.25) is 5.02 Å². The van der Waals surface area contributed by atoms with Gasteiger partial charge in [-0.1, -0.05) is 37.6 Å². The number of para-hydroxylation sites is 1. The van der Waals surface area contributed by atoms with E-state index in [-0.39, 0.29) is 33.0 Å². The fourth-order valence-corrected chi connectivity index (χ4v) is 3.38. The molecule has 0 spiro atoms. The summed E-state index contributed by atoms with van der Waals surface area (Å²) < 4.78 is 10.9. The van der Waals surface area contributed by atoms with E-state index in [9.17, 15) is 4.79 Å². The number of methoxy groups -OCH3 is 1. The van der Waals surface area contributed by atoms with Crippen LogP contribution in [0.5, 0.6) is 11.5 Å². The normalized spacial score (nSPS) is 10.8. The van der Waals surface area contributed by atoms with E-state index in [2.05, 4.69) is 13.8 Å². The molecule has 0 saturated carbocycles. The van der Waals surface area contributed by atoms with Gasteiger partial charge in [0, 0.05) is 0 Å². The van der Waals surface area contributed by atoms with E-state index in [0.717, 1.165) is 17.5 Å². The van der Waals surface area contributed by atoms with Crippen LogP contribution in [0, 0.1) is 5.92 Å². The molecule has 25 heavy (non-hydrogen) atoms. The van der Waals surface area contributed by atoms with E-state index in [0.29, 0.717) is 28.9 Å². The summed E-state index contributed by atoms with van der Waals surface area (Å²) in [6, 6.07) is 12.7. The van der Waals surface area contributed by atoms with E-state index in [1.54, 1.807) is 25.3 Å². The van der Waals surface area contributed by atoms with Gasteiger partial charge in [-0.05, 0) is 56.6 Å². The molecule has 0 aliphatic carbocycles. The summed E-state index contributed by atoms with van der Waals surface area (Å²) in [7, 11) is 1.50. The van der Waals surface area contributed by atoms with Gasteiger partial charge in [-0.2, -0.15) is 0 Å². The molecule has 0 amide bonds. The molecule has 1 unspecified atom stereocenters. The Balaban J connectivity index is 0.00000312. The molecule has 0 radical (unpaired) electrons. The molecule has 1 atom stereocenters. The molecule has 0 N–H and O–H groups in total. The number of rotatable bonds is 8. The second-order valence-electron chi connectivity index (χ2n) is 5.83. The van der Waals surface area contributed by atoms with E-state index in [1.165, 1.54) is 0 Å². The third-order valence-corrected chi connectivity index (χ3v) is 5.18. The summed E-state index contributed by atoms with van der Waals surface area (Å²) in [6.45, 7) is 4.98. The molecular formula is C19H23ClLiO3P. The maximum atomic E-state index is 12.5. The van der Waals surface area contributed by atoms with Crippen LogP contribution in [-0.4, -0.2) is 38.1 Å². The van der Waals surface area contributed by atoms with Crippen molar-refractivity contribution in [2.24, 2.45) is 5.92 Å². The molecule has 0 fully saturated rings. The van der Waals surface area contributed by atoms with Crippen molar-refractivity contribution in [3.63, 3.8) is 0 Å². The standard InChI is InChI=1S/C19H22ClO3P.Li.H/c1-13(2)10-11-23-14-8-9-18(16(20)12-14)24-19(21)15-6-4-5-7-17(15)22-3;;/h4-9,12-13,24H,10-11H2,1-3H3;;. The predicted molar refractivity (Wildman–Crippen MR) is 109 cm³/mol. The molecule has 0 aromatic heterocycles. The van der Waals surface area contributed by atoms with E-state index >= 15 is 0 Å². The first kappa shape index (κ1) is 22.1. The van der Waals surface area contributed by atoms with E-state index < -0.39 is 0 Å². The minimum absolute atomic E-state index is 0. The Morgan fingerprint density at radius 2 is 1.92 bits per heavy atom. The van der Waals surface area contributed by atoms with Crippen molar-refractivity contribution in [3.05, 3.63) is 53.1 Å². The van der Waals surface area contributed by atoms with Crippen LogP contribution in [0.4, 0.5) is 0 Å². The van der Waals surface area contributed by atoms with Crippen molar-refractivity contribution in [3.8, 4) is 11.5 Å². The molecule has 0 aliphatic heterocycles. The fraction of sp³-hybridized carbons (Fsp3) is 0.316. The van der Waals surface area contributed by atoms with Crippen molar-refractivity contribution in [2.75, 3.05) is 13.7 Å². The Morgan fingerprint density at radius 1 is 1.20 bits per heavy atom. The monoisotopic (exact) mass is 372 g/mol. The average molecular weight is 373 g/mol. The van der Waals surface area contributed by atoms with Crippen LogP contribution in [0.1, 0.15) is 30.6 Å². The van der Waals surface area contributed by atoms with Crippen molar-refractivity contribution >= 4 is 49.9 Å². The molecule has 0 saturated heterocycles. The zero-order chi connectivity index (χ0) is 17.5. The second-order valence-corrected chi connectivity index (χ2v) is 7.48. The molecule has 2 aromatic carbocycles. The van der Waals surface area contributed by atoms with E-state index in [1.807, 2.05) is 24.3 Å². The Hall–Kier alpha value is -0.973. The molecule has 2 rings (SSSR count). The Morgan fingerprint density at radius 3 is 2.56 bits per heavy atom. The van der Waals surface area contributed by atoms with Crippen LogP contribution >= 0.6 is 20.2 Å². The van der Waals surface area contributed by atoms with Gasteiger partial charge < -0.3 is 9.47 Å². The summed E-state index contributed by atoms with van der Waals surface area (Å²) >= 11 is 6.32. The fourth-order valence-electron chi connectivity index (χ4n) is 2.12. The second kappa shape index (κ2) is 10.9. The number of hydrogen-bond acceptors (Lipinski definition) is 3.